The third-order valence-electron chi connectivity index (χ3n) is 5.38. The molecule has 29 heavy (non-hydrogen) atoms. The van der Waals surface area contributed by atoms with E-state index >= 15 is 0 Å². The Hall–Kier alpha value is -3.66. The lowest BCUT2D eigenvalue weighted by Gasteiger charge is -2.11. The number of pyridine rings is 1. The van der Waals surface area contributed by atoms with Crippen LogP contribution in [0.15, 0.2) is 71.1 Å². The Morgan fingerprint density at radius 3 is 2.34 bits per heavy atom. The minimum Gasteiger partial charge on any atom is -0.460 e. The van der Waals surface area contributed by atoms with Crippen molar-refractivity contribution in [2.75, 3.05) is 0 Å². The van der Waals surface area contributed by atoms with Crippen molar-refractivity contribution in [1.29, 1.82) is 0 Å². The van der Waals surface area contributed by atoms with Crippen LogP contribution in [0.2, 0.25) is 0 Å². The zero-order chi connectivity index (χ0) is 20.1. The zero-order valence-electron chi connectivity index (χ0n) is 16.6. The summed E-state index contributed by atoms with van der Waals surface area (Å²) in [6.45, 7) is 5.52. The molecule has 0 radical (unpaired) electrons. The van der Waals surface area contributed by atoms with Crippen molar-refractivity contribution in [2.45, 2.75) is 20.8 Å². The smallest absolute Gasteiger partial charge is 0.162 e. The number of hydrogen-bond acceptors (Lipinski definition) is 3. The minimum atomic E-state index is 0.0174. The Morgan fingerprint density at radius 2 is 1.66 bits per heavy atom. The van der Waals surface area contributed by atoms with Gasteiger partial charge in [0.25, 0.3) is 0 Å². The molecular weight excluding hydrogens is 360 g/mol. The second-order valence-corrected chi connectivity index (χ2v) is 7.30. The number of nitrogens with zero attached hydrogens (tertiary/aromatic N) is 2. The number of benzene rings is 2. The summed E-state index contributed by atoms with van der Waals surface area (Å²) in [5.41, 5.74) is 5.16. The van der Waals surface area contributed by atoms with E-state index in [-0.39, 0.29) is 5.78 Å². The fourth-order valence-electron chi connectivity index (χ4n) is 4.19. The highest BCUT2D eigenvalue weighted by atomic mass is 16.3. The summed E-state index contributed by atoms with van der Waals surface area (Å²) in [7, 11) is 0. The predicted molar refractivity (Wildman–Crippen MR) is 116 cm³/mol. The lowest BCUT2D eigenvalue weighted by Crippen LogP contribution is -1.99. The molecule has 0 saturated carbocycles. The second-order valence-electron chi connectivity index (χ2n) is 7.30. The standard InChI is InChI=1S/C25H20N2O2/c1-15-13-14-21(29-15)24-23-22(17(3)28)16(2)27(18-9-5-4-6-10-18)25(23)19-11-7-8-12-20(19)26-24/h4-14H,1-3H3. The Morgan fingerprint density at radius 1 is 0.931 bits per heavy atom. The first-order valence-corrected chi connectivity index (χ1v) is 9.63. The predicted octanol–water partition coefficient (Wildman–Crippen LogP) is 6.26. The summed E-state index contributed by atoms with van der Waals surface area (Å²) in [6, 6.07) is 22.0. The molecule has 0 unspecified atom stereocenters. The van der Waals surface area contributed by atoms with Gasteiger partial charge in [0, 0.05) is 27.7 Å². The van der Waals surface area contributed by atoms with Gasteiger partial charge < -0.3 is 8.98 Å². The maximum absolute atomic E-state index is 12.8. The largest absolute Gasteiger partial charge is 0.460 e. The molecule has 4 heteroatoms. The molecule has 0 bridgehead atoms. The summed E-state index contributed by atoms with van der Waals surface area (Å²) in [6.07, 6.45) is 0. The zero-order valence-corrected chi connectivity index (χ0v) is 16.6. The Kier molecular flexibility index (Phi) is 3.88. The molecule has 5 aromatic rings. The number of fused-ring (bicyclic) bond motifs is 3. The minimum absolute atomic E-state index is 0.0174. The molecule has 5 rings (SSSR count). The number of para-hydroxylation sites is 2. The van der Waals surface area contributed by atoms with Crippen LogP contribution < -0.4 is 0 Å². The molecule has 3 aromatic heterocycles. The van der Waals surface area contributed by atoms with Gasteiger partial charge in [0.05, 0.1) is 11.0 Å². The molecule has 0 aliphatic rings. The SMILES string of the molecule is CC(=O)c1c(C)n(-c2ccccc2)c2c1c(-c1ccc(C)o1)nc1ccccc12. The highest BCUT2D eigenvalue weighted by molar-refractivity contribution is 6.19. The van der Waals surface area contributed by atoms with Gasteiger partial charge in [0.15, 0.2) is 11.5 Å². The maximum atomic E-state index is 12.8. The third kappa shape index (κ3) is 2.60. The molecule has 0 saturated heterocycles. The van der Waals surface area contributed by atoms with Crippen molar-refractivity contribution >= 4 is 27.6 Å². The number of aryl methyl sites for hydroxylation is 1. The molecular formula is C25H20N2O2. The van der Waals surface area contributed by atoms with Crippen LogP contribution in [0.5, 0.6) is 0 Å². The van der Waals surface area contributed by atoms with E-state index in [1.165, 1.54) is 0 Å². The number of aromatic nitrogens is 2. The average Bonchev–Trinajstić information content (AvgIpc) is 3.29. The quantitative estimate of drug-likeness (QED) is 0.347. The highest BCUT2D eigenvalue weighted by Gasteiger charge is 2.25. The fraction of sp³-hybridized carbons (Fsp3) is 0.120. The van der Waals surface area contributed by atoms with Gasteiger partial charge in [-0.15, -0.1) is 0 Å². The molecule has 3 heterocycles. The van der Waals surface area contributed by atoms with Crippen molar-refractivity contribution in [2.24, 2.45) is 0 Å². The molecule has 0 amide bonds. The van der Waals surface area contributed by atoms with E-state index in [2.05, 4.69) is 22.8 Å². The maximum Gasteiger partial charge on any atom is 0.162 e. The molecule has 0 aliphatic carbocycles. The van der Waals surface area contributed by atoms with Gasteiger partial charge in [-0.05, 0) is 51.1 Å². The summed E-state index contributed by atoms with van der Waals surface area (Å²) < 4.78 is 8.10. The van der Waals surface area contributed by atoms with Crippen LogP contribution in [0, 0.1) is 13.8 Å². The van der Waals surface area contributed by atoms with Crippen LogP contribution in [0.3, 0.4) is 0 Å². The van der Waals surface area contributed by atoms with E-state index in [9.17, 15) is 4.79 Å². The van der Waals surface area contributed by atoms with Crippen LogP contribution >= 0.6 is 0 Å². The van der Waals surface area contributed by atoms with E-state index < -0.39 is 0 Å². The lowest BCUT2D eigenvalue weighted by atomic mass is 10.0. The number of carbonyl (C=O) groups excluding carboxylic acids is 1. The second kappa shape index (κ2) is 6.45. The topological polar surface area (TPSA) is 48.0 Å². The molecule has 4 nitrogen and oxygen atoms in total. The fourth-order valence-corrected chi connectivity index (χ4v) is 4.19. The normalized spacial score (nSPS) is 11.4. The number of carbonyl (C=O) groups is 1. The van der Waals surface area contributed by atoms with E-state index in [1.54, 1.807) is 6.92 Å². The first-order valence-electron chi connectivity index (χ1n) is 9.63. The summed E-state index contributed by atoms with van der Waals surface area (Å²) in [5, 5.41) is 1.85. The lowest BCUT2D eigenvalue weighted by molar-refractivity contribution is 0.101. The van der Waals surface area contributed by atoms with E-state index in [0.29, 0.717) is 17.0 Å². The first kappa shape index (κ1) is 17.4. The van der Waals surface area contributed by atoms with Crippen LogP contribution in [0.1, 0.15) is 28.7 Å². The number of furan rings is 1. The van der Waals surface area contributed by atoms with Crippen LogP contribution in [0.25, 0.3) is 38.9 Å². The molecule has 0 N–H and O–H groups in total. The van der Waals surface area contributed by atoms with Gasteiger partial charge in [-0.3, -0.25) is 4.79 Å². The first-order chi connectivity index (χ1) is 14.1. The van der Waals surface area contributed by atoms with Gasteiger partial charge >= 0.3 is 0 Å². The van der Waals surface area contributed by atoms with Crippen molar-refractivity contribution in [3.63, 3.8) is 0 Å². The molecule has 0 fully saturated rings. The van der Waals surface area contributed by atoms with Gasteiger partial charge in [0.1, 0.15) is 11.5 Å². The van der Waals surface area contributed by atoms with Gasteiger partial charge in [-0.1, -0.05) is 36.4 Å². The molecule has 0 aliphatic heterocycles. The number of rotatable bonds is 3. The molecule has 0 spiro atoms. The van der Waals surface area contributed by atoms with E-state index in [4.69, 9.17) is 9.40 Å². The van der Waals surface area contributed by atoms with Crippen molar-refractivity contribution in [1.82, 2.24) is 9.55 Å². The van der Waals surface area contributed by atoms with Crippen molar-refractivity contribution in [3.05, 3.63) is 83.7 Å². The number of Topliss-reactive ketones (excluding diaryl/α,β-unsaturated/α-hetero) is 1. The van der Waals surface area contributed by atoms with Gasteiger partial charge in [0.2, 0.25) is 0 Å². The average molecular weight is 380 g/mol. The van der Waals surface area contributed by atoms with Crippen LogP contribution in [-0.2, 0) is 0 Å². The molecule has 142 valence electrons. The monoisotopic (exact) mass is 380 g/mol. The van der Waals surface area contributed by atoms with Crippen LogP contribution in [-0.4, -0.2) is 15.3 Å². The number of ketones is 1. The third-order valence-corrected chi connectivity index (χ3v) is 5.38. The van der Waals surface area contributed by atoms with Crippen molar-refractivity contribution < 1.29 is 9.21 Å². The Bertz CT molecular complexity index is 1390. The summed E-state index contributed by atoms with van der Waals surface area (Å²) in [5.74, 6) is 1.50. The molecule has 2 aromatic carbocycles. The van der Waals surface area contributed by atoms with Gasteiger partial charge in [-0.25, -0.2) is 4.98 Å². The van der Waals surface area contributed by atoms with E-state index in [0.717, 1.165) is 38.9 Å². The van der Waals surface area contributed by atoms with E-state index in [1.807, 2.05) is 62.4 Å². The highest BCUT2D eigenvalue weighted by Crippen LogP contribution is 2.40. The summed E-state index contributed by atoms with van der Waals surface area (Å²) >= 11 is 0. The molecule has 0 atom stereocenters. The van der Waals surface area contributed by atoms with Crippen LogP contribution in [0.4, 0.5) is 0 Å². The van der Waals surface area contributed by atoms with Gasteiger partial charge in [-0.2, -0.15) is 0 Å². The number of hydrogen-bond donors (Lipinski definition) is 0. The Labute approximate surface area is 168 Å². The van der Waals surface area contributed by atoms with Crippen molar-refractivity contribution in [3.8, 4) is 17.1 Å². The Balaban J connectivity index is 2.06. The summed E-state index contributed by atoms with van der Waals surface area (Å²) in [4.78, 5) is 17.7.